The molecular weight excluding hydrogens is 430 g/mol. The van der Waals surface area contributed by atoms with Crippen LogP contribution in [0.3, 0.4) is 0 Å². The Hall–Kier alpha value is -3.17. The topological polar surface area (TPSA) is 109 Å². The first-order valence-corrected chi connectivity index (χ1v) is 11.8. The second-order valence-electron chi connectivity index (χ2n) is 7.20. The van der Waals surface area contributed by atoms with E-state index >= 15 is 0 Å². The number of sulfonamides is 1. The predicted octanol–water partition coefficient (Wildman–Crippen LogP) is 2.54. The number of nitrogens with one attached hydrogen (secondary N) is 2. The van der Waals surface area contributed by atoms with Gasteiger partial charge in [0.15, 0.2) is 0 Å². The van der Waals surface area contributed by atoms with Gasteiger partial charge in [0.2, 0.25) is 15.6 Å². The van der Waals surface area contributed by atoms with Crippen molar-refractivity contribution in [3.63, 3.8) is 0 Å². The molecule has 2 N–H and O–H groups in total. The second kappa shape index (κ2) is 9.97. The van der Waals surface area contributed by atoms with Gasteiger partial charge in [0.25, 0.3) is 5.91 Å². The zero-order chi connectivity index (χ0) is 23.3. The molecule has 170 valence electrons. The van der Waals surface area contributed by atoms with Crippen molar-refractivity contribution in [2.45, 2.75) is 25.2 Å². The molecule has 0 aliphatic rings. The summed E-state index contributed by atoms with van der Waals surface area (Å²) in [5, 5.41) is 3.19. The molecule has 8 nitrogen and oxygen atoms in total. The van der Waals surface area contributed by atoms with E-state index in [1.807, 2.05) is 24.3 Å². The van der Waals surface area contributed by atoms with Gasteiger partial charge in [-0.1, -0.05) is 26.0 Å². The van der Waals surface area contributed by atoms with E-state index < -0.39 is 21.5 Å². The Kier molecular flexibility index (Phi) is 7.32. The van der Waals surface area contributed by atoms with Crippen molar-refractivity contribution in [1.29, 1.82) is 0 Å². The van der Waals surface area contributed by atoms with Gasteiger partial charge in [-0.25, -0.2) is 8.42 Å². The van der Waals surface area contributed by atoms with Gasteiger partial charge < -0.3 is 15.0 Å². The largest absolute Gasteiger partial charge is 0.497 e. The number of methoxy groups -OCH3 is 1. The van der Waals surface area contributed by atoms with Gasteiger partial charge in [-0.2, -0.15) is 4.31 Å². The normalized spacial score (nSPS) is 11.6. The highest BCUT2D eigenvalue weighted by atomic mass is 32.2. The van der Waals surface area contributed by atoms with Crippen LogP contribution in [0, 0.1) is 0 Å². The third-order valence-electron chi connectivity index (χ3n) is 5.26. The number of carbonyl (C=O) groups excluding carboxylic acids is 1. The molecule has 3 rings (SSSR count). The Morgan fingerprint density at radius 3 is 2.38 bits per heavy atom. The fourth-order valence-corrected chi connectivity index (χ4v) is 4.99. The Bertz CT molecular complexity index is 1260. The summed E-state index contributed by atoms with van der Waals surface area (Å²) in [5.74, 6) is 0.315. The van der Waals surface area contributed by atoms with E-state index in [9.17, 15) is 18.0 Å². The average Bonchev–Trinajstić information content (AvgIpc) is 2.79. The molecule has 0 aliphatic heterocycles. The Morgan fingerprint density at radius 2 is 1.75 bits per heavy atom. The van der Waals surface area contributed by atoms with Gasteiger partial charge in [-0.05, 0) is 42.3 Å². The van der Waals surface area contributed by atoms with Crippen LogP contribution in [-0.4, -0.2) is 50.4 Å². The van der Waals surface area contributed by atoms with Crippen molar-refractivity contribution in [3.8, 4) is 5.75 Å². The molecular formula is C23H27N3O5S. The van der Waals surface area contributed by atoms with E-state index in [-0.39, 0.29) is 10.5 Å². The van der Waals surface area contributed by atoms with Gasteiger partial charge in [0, 0.05) is 36.6 Å². The zero-order valence-corrected chi connectivity index (χ0v) is 19.2. The van der Waals surface area contributed by atoms with Crippen LogP contribution in [0.15, 0.2) is 58.2 Å². The zero-order valence-electron chi connectivity index (χ0n) is 18.3. The fourth-order valence-electron chi connectivity index (χ4n) is 3.50. The number of carbonyl (C=O) groups is 1. The van der Waals surface area contributed by atoms with Crippen molar-refractivity contribution >= 4 is 26.8 Å². The molecule has 1 heterocycles. The average molecular weight is 458 g/mol. The molecule has 0 atom stereocenters. The third-order valence-corrected chi connectivity index (χ3v) is 7.31. The molecule has 0 bridgehead atoms. The molecule has 0 unspecified atom stereocenters. The van der Waals surface area contributed by atoms with Crippen molar-refractivity contribution in [3.05, 3.63) is 70.0 Å². The number of rotatable bonds is 9. The van der Waals surface area contributed by atoms with Crippen LogP contribution in [0.5, 0.6) is 5.75 Å². The first-order valence-electron chi connectivity index (χ1n) is 10.4. The standard InChI is InChI=1S/C23H27N3O5S/c1-4-26(5-2)32(29,30)18-10-11-21-19(14-18)20(15-22(27)25-21)23(28)24-13-12-16-6-8-17(31-3)9-7-16/h6-11,14-15H,4-5,12-13H2,1-3H3,(H,24,28)(H,25,27). The summed E-state index contributed by atoms with van der Waals surface area (Å²) < 4.78 is 32.3. The summed E-state index contributed by atoms with van der Waals surface area (Å²) in [6.45, 7) is 4.56. The highest BCUT2D eigenvalue weighted by Crippen LogP contribution is 2.23. The minimum absolute atomic E-state index is 0.0769. The smallest absolute Gasteiger partial charge is 0.252 e. The Labute approximate surface area is 187 Å². The van der Waals surface area contributed by atoms with Crippen LogP contribution < -0.4 is 15.6 Å². The number of aromatic nitrogens is 1. The summed E-state index contributed by atoms with van der Waals surface area (Å²) in [5.41, 5.74) is 1.12. The van der Waals surface area contributed by atoms with E-state index in [4.69, 9.17) is 4.74 Å². The van der Waals surface area contributed by atoms with Gasteiger partial charge in [0.1, 0.15) is 5.75 Å². The van der Waals surface area contributed by atoms with Crippen LogP contribution in [0.25, 0.3) is 10.9 Å². The summed E-state index contributed by atoms with van der Waals surface area (Å²) in [7, 11) is -2.11. The maximum Gasteiger partial charge on any atom is 0.252 e. The molecule has 0 aliphatic carbocycles. The molecule has 0 fully saturated rings. The number of ether oxygens (including phenoxy) is 1. The highest BCUT2D eigenvalue weighted by molar-refractivity contribution is 7.89. The number of fused-ring (bicyclic) bond motifs is 1. The lowest BCUT2D eigenvalue weighted by Gasteiger charge is -2.19. The number of hydrogen-bond donors (Lipinski definition) is 2. The van der Waals surface area contributed by atoms with E-state index in [0.717, 1.165) is 11.3 Å². The van der Waals surface area contributed by atoms with Crippen molar-refractivity contribution in [1.82, 2.24) is 14.6 Å². The first-order chi connectivity index (χ1) is 15.3. The second-order valence-corrected chi connectivity index (χ2v) is 9.14. The van der Waals surface area contributed by atoms with Crippen LogP contribution in [0.2, 0.25) is 0 Å². The third kappa shape index (κ3) is 5.00. The van der Waals surface area contributed by atoms with Crippen LogP contribution in [0.1, 0.15) is 29.8 Å². The van der Waals surface area contributed by atoms with Crippen molar-refractivity contribution in [2.75, 3.05) is 26.7 Å². The molecule has 1 aromatic heterocycles. The minimum Gasteiger partial charge on any atom is -0.497 e. The maximum absolute atomic E-state index is 12.9. The van der Waals surface area contributed by atoms with Crippen LogP contribution in [-0.2, 0) is 16.4 Å². The summed E-state index contributed by atoms with van der Waals surface area (Å²) >= 11 is 0. The van der Waals surface area contributed by atoms with Gasteiger partial charge in [-0.3, -0.25) is 9.59 Å². The number of aromatic amines is 1. The van der Waals surface area contributed by atoms with Crippen molar-refractivity contribution in [2.24, 2.45) is 0 Å². The summed E-state index contributed by atoms with van der Waals surface area (Å²) in [6, 6.07) is 13.1. The molecule has 2 aromatic carbocycles. The van der Waals surface area contributed by atoms with Gasteiger partial charge >= 0.3 is 0 Å². The fraction of sp³-hybridized carbons (Fsp3) is 0.304. The molecule has 0 spiro atoms. The molecule has 3 aromatic rings. The lowest BCUT2D eigenvalue weighted by atomic mass is 10.1. The quantitative estimate of drug-likeness (QED) is 0.513. The number of hydrogen-bond acceptors (Lipinski definition) is 5. The summed E-state index contributed by atoms with van der Waals surface area (Å²) in [6.07, 6.45) is 0.596. The van der Waals surface area contributed by atoms with E-state index in [1.54, 1.807) is 21.0 Å². The number of pyridine rings is 1. The van der Waals surface area contributed by atoms with E-state index in [1.165, 1.54) is 28.6 Å². The number of amides is 1. The van der Waals surface area contributed by atoms with Crippen LogP contribution >= 0.6 is 0 Å². The number of nitrogens with zero attached hydrogens (tertiary/aromatic N) is 1. The highest BCUT2D eigenvalue weighted by Gasteiger charge is 2.23. The molecule has 0 saturated heterocycles. The molecule has 32 heavy (non-hydrogen) atoms. The number of benzene rings is 2. The van der Waals surface area contributed by atoms with Crippen LogP contribution in [0.4, 0.5) is 0 Å². The molecule has 0 saturated carbocycles. The minimum atomic E-state index is -3.70. The maximum atomic E-state index is 12.9. The molecule has 1 amide bonds. The monoisotopic (exact) mass is 457 g/mol. The van der Waals surface area contributed by atoms with E-state index in [0.29, 0.717) is 37.0 Å². The van der Waals surface area contributed by atoms with Gasteiger partial charge in [-0.15, -0.1) is 0 Å². The SMILES string of the molecule is CCN(CC)S(=O)(=O)c1ccc2[nH]c(=O)cc(C(=O)NCCc3ccc(OC)cc3)c2c1. The Balaban J connectivity index is 1.87. The number of H-pyrrole nitrogens is 1. The lowest BCUT2D eigenvalue weighted by Crippen LogP contribution is -2.30. The molecule has 9 heteroatoms. The predicted molar refractivity (Wildman–Crippen MR) is 124 cm³/mol. The lowest BCUT2D eigenvalue weighted by molar-refractivity contribution is 0.0955. The summed E-state index contributed by atoms with van der Waals surface area (Å²) in [4.78, 5) is 27.7. The molecule has 0 radical (unpaired) electrons. The van der Waals surface area contributed by atoms with Crippen molar-refractivity contribution < 1.29 is 17.9 Å². The van der Waals surface area contributed by atoms with Gasteiger partial charge in [0.05, 0.1) is 17.6 Å². The van der Waals surface area contributed by atoms with E-state index in [2.05, 4.69) is 10.3 Å². The first kappa shape index (κ1) is 23.5. The Morgan fingerprint density at radius 1 is 1.06 bits per heavy atom.